The minimum atomic E-state index is -1.55. The Morgan fingerprint density at radius 1 is 0.448 bits per heavy atom. The molecule has 6 N–H and O–H groups in total. The Labute approximate surface area is 414 Å². The number of amides is 1. The van der Waals surface area contributed by atoms with Gasteiger partial charge in [-0.1, -0.05) is 290 Å². The summed E-state index contributed by atoms with van der Waals surface area (Å²) in [6.07, 6.45) is 51.3. The number of carbonyl (C=O) groups excluding carboxylic acids is 1. The molecule has 1 saturated heterocycles. The third-order valence-corrected chi connectivity index (χ3v) is 14.7. The lowest BCUT2D eigenvalue weighted by Gasteiger charge is -2.40. The highest BCUT2D eigenvalue weighted by atomic mass is 16.7. The Balaban J connectivity index is 2.17. The first-order valence-electron chi connectivity index (χ1n) is 29.7. The van der Waals surface area contributed by atoms with E-state index < -0.39 is 49.5 Å². The molecule has 0 radical (unpaired) electrons. The highest BCUT2D eigenvalue weighted by Crippen LogP contribution is 2.23. The standard InChI is InChI=1S/C58H115NO8/c1-3-5-7-9-11-13-15-17-19-21-23-24-25-26-27-28-30-32-34-36-38-40-42-44-46-48-54(62)59-51(50-66-58-57(65)56(64)55(63)53(49-60)67-58)52(61)47-45-43-41-39-37-35-33-31-29-22-20-18-16-14-12-10-8-6-4-2/h51-53,55-58,60-61,63-65H,3-50H2,1-2H3,(H,59,62). The lowest BCUT2D eigenvalue weighted by molar-refractivity contribution is -0.302. The van der Waals surface area contributed by atoms with Crippen molar-refractivity contribution in [1.82, 2.24) is 5.32 Å². The SMILES string of the molecule is CCCCCCCCCCCCCCCCCCCCCCCCCCCC(=O)NC(COC1OC(CO)C(O)C(O)C1O)C(O)CCCCCCCCCCCCCCCCCCCCC. The smallest absolute Gasteiger partial charge is 0.220 e. The van der Waals surface area contributed by atoms with Crippen LogP contribution in [0.25, 0.3) is 0 Å². The van der Waals surface area contributed by atoms with E-state index in [9.17, 15) is 30.3 Å². The molecule has 67 heavy (non-hydrogen) atoms. The quantitative estimate of drug-likeness (QED) is 0.0330. The van der Waals surface area contributed by atoms with Gasteiger partial charge in [-0.15, -0.1) is 0 Å². The molecule has 0 aromatic carbocycles. The predicted molar refractivity (Wildman–Crippen MR) is 281 cm³/mol. The van der Waals surface area contributed by atoms with Gasteiger partial charge in [0.2, 0.25) is 5.91 Å². The highest BCUT2D eigenvalue weighted by molar-refractivity contribution is 5.76. The largest absolute Gasteiger partial charge is 0.394 e. The molecule has 0 aliphatic carbocycles. The van der Waals surface area contributed by atoms with Crippen LogP contribution in [-0.4, -0.2) is 87.5 Å². The van der Waals surface area contributed by atoms with Crippen molar-refractivity contribution in [1.29, 1.82) is 0 Å². The number of nitrogens with one attached hydrogen (secondary N) is 1. The van der Waals surface area contributed by atoms with Gasteiger partial charge in [0.1, 0.15) is 24.4 Å². The van der Waals surface area contributed by atoms with Crippen molar-refractivity contribution in [2.24, 2.45) is 0 Å². The molecule has 1 fully saturated rings. The molecule has 7 atom stereocenters. The average molecular weight is 955 g/mol. The summed E-state index contributed by atoms with van der Waals surface area (Å²) in [6.45, 7) is 3.89. The van der Waals surface area contributed by atoms with Crippen molar-refractivity contribution in [3.05, 3.63) is 0 Å². The molecule has 1 aliphatic heterocycles. The number of hydrogen-bond donors (Lipinski definition) is 6. The maximum atomic E-state index is 13.1. The van der Waals surface area contributed by atoms with Gasteiger partial charge >= 0.3 is 0 Å². The molecule has 0 saturated carbocycles. The number of ether oxygens (including phenoxy) is 2. The Kier molecular flexibility index (Phi) is 46.8. The van der Waals surface area contributed by atoms with Gasteiger partial charge in [0.15, 0.2) is 6.29 Å². The topological polar surface area (TPSA) is 149 Å². The average Bonchev–Trinajstić information content (AvgIpc) is 3.33. The maximum Gasteiger partial charge on any atom is 0.220 e. The van der Waals surface area contributed by atoms with Crippen LogP contribution < -0.4 is 5.32 Å². The first-order chi connectivity index (χ1) is 32.8. The fourth-order valence-corrected chi connectivity index (χ4v) is 9.99. The fourth-order valence-electron chi connectivity index (χ4n) is 9.99. The highest BCUT2D eigenvalue weighted by Gasteiger charge is 2.44. The van der Waals surface area contributed by atoms with E-state index in [1.54, 1.807) is 0 Å². The maximum absolute atomic E-state index is 13.1. The van der Waals surface area contributed by atoms with Crippen molar-refractivity contribution in [2.75, 3.05) is 13.2 Å². The number of aliphatic hydroxyl groups is 5. The summed E-state index contributed by atoms with van der Waals surface area (Å²) >= 11 is 0. The van der Waals surface area contributed by atoms with E-state index >= 15 is 0 Å². The minimum Gasteiger partial charge on any atom is -0.394 e. The zero-order chi connectivity index (χ0) is 48.7. The minimum absolute atomic E-state index is 0.131. The molecule has 1 aliphatic rings. The molecule has 0 bridgehead atoms. The van der Waals surface area contributed by atoms with E-state index in [4.69, 9.17) is 9.47 Å². The van der Waals surface area contributed by atoms with Crippen LogP contribution in [0.1, 0.15) is 309 Å². The summed E-state index contributed by atoms with van der Waals surface area (Å²) in [6, 6.07) is -0.713. The normalized spacial score (nSPS) is 19.5. The Morgan fingerprint density at radius 2 is 0.746 bits per heavy atom. The predicted octanol–water partition coefficient (Wildman–Crippen LogP) is 14.6. The first-order valence-corrected chi connectivity index (χ1v) is 29.7. The summed E-state index contributed by atoms with van der Waals surface area (Å²) in [4.78, 5) is 13.1. The van der Waals surface area contributed by atoms with Crippen LogP contribution in [-0.2, 0) is 14.3 Å². The van der Waals surface area contributed by atoms with Gasteiger partial charge in [0.25, 0.3) is 0 Å². The van der Waals surface area contributed by atoms with Crippen LogP contribution in [0.15, 0.2) is 0 Å². The summed E-state index contributed by atoms with van der Waals surface area (Å²) in [5.41, 5.74) is 0. The third-order valence-electron chi connectivity index (χ3n) is 14.7. The summed E-state index contributed by atoms with van der Waals surface area (Å²) in [5, 5.41) is 54.7. The van der Waals surface area contributed by atoms with Gasteiger partial charge in [-0.3, -0.25) is 4.79 Å². The fraction of sp³-hybridized carbons (Fsp3) is 0.983. The monoisotopic (exact) mass is 954 g/mol. The van der Waals surface area contributed by atoms with E-state index in [1.165, 1.54) is 244 Å². The van der Waals surface area contributed by atoms with Crippen molar-refractivity contribution < 1.29 is 39.8 Å². The van der Waals surface area contributed by atoms with E-state index in [-0.39, 0.29) is 12.5 Å². The van der Waals surface area contributed by atoms with Crippen molar-refractivity contribution in [2.45, 2.75) is 352 Å². The second kappa shape index (κ2) is 48.8. The van der Waals surface area contributed by atoms with E-state index in [0.717, 1.165) is 38.5 Å². The molecule has 0 aromatic rings. The van der Waals surface area contributed by atoms with Gasteiger partial charge in [0.05, 0.1) is 25.4 Å². The van der Waals surface area contributed by atoms with Gasteiger partial charge in [-0.2, -0.15) is 0 Å². The van der Waals surface area contributed by atoms with E-state index in [1.807, 2.05) is 0 Å². The van der Waals surface area contributed by atoms with Gasteiger partial charge in [-0.05, 0) is 12.8 Å². The number of carbonyl (C=O) groups is 1. The van der Waals surface area contributed by atoms with Crippen molar-refractivity contribution in [3.63, 3.8) is 0 Å². The molecule has 9 heteroatoms. The molecule has 1 amide bonds. The number of unbranched alkanes of at least 4 members (excludes halogenated alkanes) is 42. The molecule has 0 aromatic heterocycles. The van der Waals surface area contributed by atoms with Gasteiger partial charge in [0, 0.05) is 6.42 Å². The van der Waals surface area contributed by atoms with Crippen LogP contribution >= 0.6 is 0 Å². The number of rotatable bonds is 52. The zero-order valence-corrected chi connectivity index (χ0v) is 44.4. The summed E-state index contributed by atoms with van der Waals surface area (Å²) < 4.78 is 11.3. The number of aliphatic hydroxyl groups excluding tert-OH is 5. The Hall–Kier alpha value is -0.810. The summed E-state index contributed by atoms with van der Waals surface area (Å²) in [5.74, 6) is -0.135. The second-order valence-corrected chi connectivity index (χ2v) is 21.2. The zero-order valence-electron chi connectivity index (χ0n) is 44.4. The van der Waals surface area contributed by atoms with Crippen molar-refractivity contribution in [3.8, 4) is 0 Å². The molecule has 1 rings (SSSR count). The lowest BCUT2D eigenvalue weighted by Crippen LogP contribution is -2.60. The van der Waals surface area contributed by atoms with Crippen molar-refractivity contribution >= 4 is 5.91 Å². The van der Waals surface area contributed by atoms with Crippen LogP contribution in [0, 0.1) is 0 Å². The van der Waals surface area contributed by atoms with E-state index in [0.29, 0.717) is 12.8 Å². The van der Waals surface area contributed by atoms with Crippen LogP contribution in [0.4, 0.5) is 0 Å². The third kappa shape index (κ3) is 38.5. The van der Waals surface area contributed by atoms with Crippen LogP contribution in [0.2, 0.25) is 0 Å². The number of hydrogen-bond acceptors (Lipinski definition) is 8. The molecule has 7 unspecified atom stereocenters. The molecule has 400 valence electrons. The lowest BCUT2D eigenvalue weighted by atomic mass is 9.99. The molecular weight excluding hydrogens is 839 g/mol. The molecular formula is C58H115NO8. The summed E-state index contributed by atoms with van der Waals surface area (Å²) in [7, 11) is 0. The Morgan fingerprint density at radius 3 is 1.06 bits per heavy atom. The van der Waals surface area contributed by atoms with Crippen LogP contribution in [0.5, 0.6) is 0 Å². The van der Waals surface area contributed by atoms with E-state index in [2.05, 4.69) is 19.2 Å². The van der Waals surface area contributed by atoms with Crippen LogP contribution in [0.3, 0.4) is 0 Å². The van der Waals surface area contributed by atoms with Gasteiger partial charge in [-0.25, -0.2) is 0 Å². The Bertz CT molecular complexity index is 1020. The van der Waals surface area contributed by atoms with Gasteiger partial charge < -0.3 is 40.3 Å². The molecule has 1 heterocycles. The second-order valence-electron chi connectivity index (χ2n) is 21.2. The first kappa shape index (κ1) is 64.2. The molecule has 0 spiro atoms. The molecule has 9 nitrogen and oxygen atoms in total.